The summed E-state index contributed by atoms with van der Waals surface area (Å²) < 4.78 is 5.06. The first-order valence-corrected chi connectivity index (χ1v) is 5.50. The molecular weight excluding hydrogens is 222 g/mol. The maximum Gasteiger partial charge on any atom is 0.255 e. The van der Waals surface area contributed by atoms with E-state index in [1.165, 1.54) is 29.4 Å². The summed E-state index contributed by atoms with van der Waals surface area (Å²) in [4.78, 5) is 3.97. The van der Waals surface area contributed by atoms with Crippen molar-refractivity contribution in [1.29, 1.82) is 0 Å². The molecule has 0 spiro atoms. The molecule has 0 bridgehead atoms. The topological polar surface area (TPSA) is 89.9 Å². The molecule has 6 nitrogen and oxygen atoms in total. The molecule has 0 atom stereocenters. The molecule has 0 saturated carbocycles. The second-order valence-electron chi connectivity index (χ2n) is 2.23. The van der Waals surface area contributed by atoms with E-state index < -0.39 is 0 Å². The van der Waals surface area contributed by atoms with Crippen molar-refractivity contribution in [2.24, 2.45) is 5.84 Å². The molecule has 0 amide bonds. The predicted octanol–water partition coefficient (Wildman–Crippen LogP) is 1.10. The largest absolute Gasteiger partial charge is 0.440 e. The van der Waals surface area contributed by atoms with Gasteiger partial charge in [0.15, 0.2) is 0 Å². The fourth-order valence-corrected chi connectivity index (χ4v) is 2.20. The molecule has 0 aliphatic carbocycles. The van der Waals surface area contributed by atoms with Gasteiger partial charge in [-0.05, 0) is 0 Å². The lowest BCUT2D eigenvalue weighted by Crippen LogP contribution is -2.05. The lowest BCUT2D eigenvalue weighted by Gasteiger charge is -1.90. The zero-order valence-electron chi connectivity index (χ0n) is 7.01. The summed E-state index contributed by atoms with van der Waals surface area (Å²) in [7, 11) is 0. The molecule has 0 radical (unpaired) electrons. The highest BCUT2D eigenvalue weighted by Gasteiger charge is 2.05. The third-order valence-electron chi connectivity index (χ3n) is 1.32. The van der Waals surface area contributed by atoms with E-state index in [-0.39, 0.29) is 0 Å². The van der Waals surface area contributed by atoms with Gasteiger partial charge in [-0.25, -0.2) is 10.8 Å². The smallest absolute Gasteiger partial charge is 0.255 e. The summed E-state index contributed by atoms with van der Waals surface area (Å²) in [6, 6.07) is 0. The van der Waals surface area contributed by atoms with Crippen molar-refractivity contribution >= 4 is 28.2 Å². The van der Waals surface area contributed by atoms with Crippen molar-refractivity contribution < 1.29 is 4.42 Å². The molecule has 14 heavy (non-hydrogen) atoms. The Morgan fingerprint density at radius 2 is 2.50 bits per heavy atom. The molecule has 74 valence electrons. The first-order chi connectivity index (χ1) is 6.88. The fraction of sp³-hybridized carbons (Fsp3) is 0.167. The van der Waals surface area contributed by atoms with Gasteiger partial charge in [-0.3, -0.25) is 5.43 Å². The zero-order valence-corrected chi connectivity index (χ0v) is 8.64. The lowest BCUT2D eigenvalue weighted by atomic mass is 10.9. The molecule has 2 rings (SSSR count). The van der Waals surface area contributed by atoms with E-state index in [0.29, 0.717) is 16.1 Å². The van der Waals surface area contributed by atoms with Crippen molar-refractivity contribution in [2.45, 2.75) is 11.0 Å². The monoisotopic (exact) mass is 229 g/mol. The Morgan fingerprint density at radius 3 is 3.14 bits per heavy atom. The summed E-state index contributed by atoms with van der Waals surface area (Å²) >= 11 is 2.87. The van der Waals surface area contributed by atoms with Crippen LogP contribution in [0.3, 0.4) is 0 Å². The van der Waals surface area contributed by atoms with Crippen LogP contribution in [0.2, 0.25) is 0 Å². The molecule has 0 fully saturated rings. The average molecular weight is 229 g/mol. The molecular formula is C6H7N5OS2. The first kappa shape index (κ1) is 9.44. The van der Waals surface area contributed by atoms with Crippen LogP contribution < -0.4 is 11.3 Å². The van der Waals surface area contributed by atoms with Gasteiger partial charge in [-0.2, -0.15) is 0 Å². The van der Waals surface area contributed by atoms with E-state index in [9.17, 15) is 0 Å². The number of nitrogens with zero attached hydrogens (tertiary/aromatic N) is 3. The van der Waals surface area contributed by atoms with E-state index in [0.717, 1.165) is 5.01 Å². The number of hydrogen-bond donors (Lipinski definition) is 2. The van der Waals surface area contributed by atoms with E-state index >= 15 is 0 Å². The van der Waals surface area contributed by atoms with Gasteiger partial charge in [0.25, 0.3) is 5.22 Å². The van der Waals surface area contributed by atoms with Gasteiger partial charge in [0.2, 0.25) is 5.13 Å². The van der Waals surface area contributed by atoms with Crippen molar-refractivity contribution in [2.75, 3.05) is 5.43 Å². The van der Waals surface area contributed by atoms with Crippen LogP contribution in [0.15, 0.2) is 22.1 Å². The average Bonchev–Trinajstić information content (AvgIpc) is 2.86. The number of thioether (sulfide) groups is 1. The second-order valence-corrected chi connectivity index (χ2v) is 4.22. The minimum absolute atomic E-state index is 0.605. The Hall–Kier alpha value is -1.12. The highest BCUT2D eigenvalue weighted by atomic mass is 32.2. The summed E-state index contributed by atoms with van der Waals surface area (Å²) in [5, 5.41) is 9.83. The number of oxazole rings is 1. The van der Waals surface area contributed by atoms with Crippen LogP contribution >= 0.6 is 23.1 Å². The third-order valence-corrected chi connectivity index (χ3v) is 3.22. The Bertz CT molecular complexity index is 387. The van der Waals surface area contributed by atoms with Crippen molar-refractivity contribution in [3.05, 3.63) is 17.5 Å². The maximum absolute atomic E-state index is 5.17. The quantitative estimate of drug-likeness (QED) is 0.461. The number of hydrogen-bond acceptors (Lipinski definition) is 8. The summed E-state index contributed by atoms with van der Waals surface area (Å²) in [5.74, 6) is 5.85. The van der Waals surface area contributed by atoms with Crippen LogP contribution in [0.5, 0.6) is 0 Å². The van der Waals surface area contributed by atoms with Gasteiger partial charge in [-0.15, -0.1) is 10.2 Å². The molecule has 3 N–H and O–H groups in total. The summed E-state index contributed by atoms with van der Waals surface area (Å²) in [6.45, 7) is 0. The SMILES string of the molecule is NNc1nnc(CSc2ncco2)s1. The van der Waals surface area contributed by atoms with Gasteiger partial charge in [-0.1, -0.05) is 23.1 Å². The molecule has 2 aromatic rings. The zero-order chi connectivity index (χ0) is 9.80. The Morgan fingerprint density at radius 1 is 1.57 bits per heavy atom. The Kier molecular flexibility index (Phi) is 2.96. The number of rotatable bonds is 4. The second kappa shape index (κ2) is 4.40. The highest BCUT2D eigenvalue weighted by Crippen LogP contribution is 2.23. The van der Waals surface area contributed by atoms with Gasteiger partial charge >= 0.3 is 0 Å². The van der Waals surface area contributed by atoms with E-state index in [1.54, 1.807) is 6.20 Å². The van der Waals surface area contributed by atoms with Crippen LogP contribution in [0, 0.1) is 0 Å². The predicted molar refractivity (Wildman–Crippen MR) is 53.8 cm³/mol. The number of nitrogens with two attached hydrogens (primary N) is 1. The number of anilines is 1. The van der Waals surface area contributed by atoms with Crippen LogP contribution in [-0.4, -0.2) is 15.2 Å². The number of hydrazine groups is 1. The Balaban J connectivity index is 1.92. The molecule has 0 aromatic carbocycles. The van der Waals surface area contributed by atoms with Crippen molar-refractivity contribution in [1.82, 2.24) is 15.2 Å². The molecule has 0 aliphatic heterocycles. The molecule has 2 heterocycles. The minimum Gasteiger partial charge on any atom is -0.440 e. The summed E-state index contributed by atoms with van der Waals surface area (Å²) in [6.07, 6.45) is 3.14. The van der Waals surface area contributed by atoms with Crippen LogP contribution in [-0.2, 0) is 5.75 Å². The summed E-state index contributed by atoms with van der Waals surface area (Å²) in [5.41, 5.74) is 2.44. The van der Waals surface area contributed by atoms with E-state index in [2.05, 4.69) is 20.6 Å². The van der Waals surface area contributed by atoms with Gasteiger partial charge < -0.3 is 4.42 Å². The van der Waals surface area contributed by atoms with Crippen molar-refractivity contribution in [3.63, 3.8) is 0 Å². The van der Waals surface area contributed by atoms with Gasteiger partial charge in [0, 0.05) is 0 Å². The number of nitrogen functional groups attached to an aromatic ring is 1. The van der Waals surface area contributed by atoms with Crippen LogP contribution in [0.1, 0.15) is 5.01 Å². The molecule has 0 unspecified atom stereocenters. The van der Waals surface area contributed by atoms with Crippen LogP contribution in [0.4, 0.5) is 5.13 Å². The molecule has 0 aliphatic rings. The molecule has 8 heteroatoms. The number of nitrogens with one attached hydrogen (secondary N) is 1. The number of aromatic nitrogens is 3. The van der Waals surface area contributed by atoms with Gasteiger partial charge in [0.1, 0.15) is 11.3 Å². The third kappa shape index (κ3) is 2.22. The Labute approximate surface area is 87.9 Å². The van der Waals surface area contributed by atoms with E-state index in [1.807, 2.05) is 0 Å². The molecule has 2 aromatic heterocycles. The van der Waals surface area contributed by atoms with Gasteiger partial charge in [0.05, 0.1) is 11.9 Å². The first-order valence-electron chi connectivity index (χ1n) is 3.70. The standard InChI is InChI=1S/C6H7N5OS2/c7-9-5-11-10-4(14-5)3-13-6-8-1-2-12-6/h1-2H,3,7H2,(H,9,11). The van der Waals surface area contributed by atoms with Crippen LogP contribution in [0.25, 0.3) is 0 Å². The maximum atomic E-state index is 5.17. The minimum atomic E-state index is 0.605. The fourth-order valence-electron chi connectivity index (χ4n) is 0.775. The molecule has 0 saturated heterocycles. The highest BCUT2D eigenvalue weighted by molar-refractivity contribution is 7.98. The van der Waals surface area contributed by atoms with Crippen molar-refractivity contribution in [3.8, 4) is 0 Å². The lowest BCUT2D eigenvalue weighted by molar-refractivity contribution is 0.454. The van der Waals surface area contributed by atoms with E-state index in [4.69, 9.17) is 10.3 Å². The normalized spacial score (nSPS) is 10.4.